The Morgan fingerprint density at radius 1 is 1.07 bits per heavy atom. The molecule has 0 saturated carbocycles. The molecule has 1 fully saturated rings. The molecule has 2 aromatic carbocycles. The molecule has 4 rings (SSSR count). The maximum atomic E-state index is 12.8. The van der Waals surface area contributed by atoms with Crippen LogP contribution >= 0.6 is 0 Å². The van der Waals surface area contributed by atoms with Crippen LogP contribution in [0.25, 0.3) is 11.4 Å². The lowest BCUT2D eigenvalue weighted by atomic mass is 9.94. The Hall–Kier alpha value is -3.21. The molecule has 0 unspecified atom stereocenters. The van der Waals surface area contributed by atoms with Crippen LogP contribution < -0.4 is 4.74 Å². The summed E-state index contributed by atoms with van der Waals surface area (Å²) in [5.41, 5.74) is 2.69. The van der Waals surface area contributed by atoms with Crippen molar-refractivity contribution in [2.24, 2.45) is 0 Å². The molecular formula is C23H23N3O2. The van der Waals surface area contributed by atoms with Crippen molar-refractivity contribution in [1.29, 1.82) is 0 Å². The molecule has 0 N–H and O–H groups in total. The van der Waals surface area contributed by atoms with Gasteiger partial charge in [-0.25, -0.2) is 9.97 Å². The van der Waals surface area contributed by atoms with Crippen molar-refractivity contribution in [3.05, 3.63) is 78.1 Å². The van der Waals surface area contributed by atoms with Crippen molar-refractivity contribution in [3.8, 4) is 17.1 Å². The minimum atomic E-state index is 0.0923. The van der Waals surface area contributed by atoms with Gasteiger partial charge in [0.25, 0.3) is 5.91 Å². The van der Waals surface area contributed by atoms with Crippen LogP contribution in [0.2, 0.25) is 0 Å². The molecule has 1 aliphatic rings. The van der Waals surface area contributed by atoms with Gasteiger partial charge in [0.15, 0.2) is 5.82 Å². The molecule has 5 nitrogen and oxygen atoms in total. The van der Waals surface area contributed by atoms with Crippen molar-refractivity contribution < 1.29 is 9.53 Å². The zero-order chi connectivity index (χ0) is 19.3. The van der Waals surface area contributed by atoms with E-state index >= 15 is 0 Å². The predicted octanol–water partition coefficient (Wildman–Crippen LogP) is 4.17. The number of rotatable bonds is 4. The van der Waals surface area contributed by atoms with Crippen molar-refractivity contribution in [2.45, 2.75) is 18.8 Å². The molecular weight excluding hydrogens is 350 g/mol. The first-order valence-corrected chi connectivity index (χ1v) is 9.56. The molecule has 2 heterocycles. The molecule has 1 aromatic heterocycles. The van der Waals surface area contributed by atoms with Crippen LogP contribution in [-0.2, 0) is 0 Å². The lowest BCUT2D eigenvalue weighted by molar-refractivity contribution is 0.0706. The quantitative estimate of drug-likeness (QED) is 0.689. The average molecular weight is 373 g/mol. The zero-order valence-electron chi connectivity index (χ0n) is 15.9. The summed E-state index contributed by atoms with van der Waals surface area (Å²) in [6, 6.07) is 19.2. The van der Waals surface area contributed by atoms with Crippen LogP contribution in [0.3, 0.4) is 0 Å². The first kappa shape index (κ1) is 18.2. The third-order valence-corrected chi connectivity index (χ3v) is 5.17. The molecule has 1 atom stereocenters. The molecule has 1 amide bonds. The largest absolute Gasteiger partial charge is 0.497 e. The fourth-order valence-corrected chi connectivity index (χ4v) is 3.65. The highest BCUT2D eigenvalue weighted by atomic mass is 16.5. The van der Waals surface area contributed by atoms with Crippen LogP contribution in [0, 0.1) is 0 Å². The number of piperidine rings is 1. The molecule has 28 heavy (non-hydrogen) atoms. The van der Waals surface area contributed by atoms with Gasteiger partial charge in [-0.05, 0) is 55.3 Å². The number of hydrogen-bond donors (Lipinski definition) is 0. The molecule has 3 aromatic rings. The van der Waals surface area contributed by atoms with Crippen molar-refractivity contribution in [1.82, 2.24) is 14.9 Å². The number of carbonyl (C=O) groups is 1. The zero-order valence-corrected chi connectivity index (χ0v) is 15.9. The minimum absolute atomic E-state index is 0.0923. The number of amides is 1. The van der Waals surface area contributed by atoms with E-state index in [1.807, 2.05) is 65.6 Å². The van der Waals surface area contributed by atoms with E-state index in [0.29, 0.717) is 12.4 Å². The van der Waals surface area contributed by atoms with Crippen LogP contribution in [-0.4, -0.2) is 41.0 Å². The van der Waals surface area contributed by atoms with E-state index < -0.39 is 0 Å². The Bertz CT molecular complexity index is 942. The second kappa shape index (κ2) is 8.21. The van der Waals surface area contributed by atoms with Crippen molar-refractivity contribution in [3.63, 3.8) is 0 Å². The van der Waals surface area contributed by atoms with E-state index in [0.717, 1.165) is 42.0 Å². The number of aromatic nitrogens is 2. The van der Waals surface area contributed by atoms with Gasteiger partial charge in [-0.3, -0.25) is 4.79 Å². The van der Waals surface area contributed by atoms with Crippen LogP contribution in [0.1, 0.15) is 34.8 Å². The lowest BCUT2D eigenvalue weighted by Gasteiger charge is -2.32. The van der Waals surface area contributed by atoms with E-state index in [1.165, 1.54) is 0 Å². The van der Waals surface area contributed by atoms with E-state index in [2.05, 4.69) is 4.98 Å². The number of nitrogens with zero attached hydrogens (tertiary/aromatic N) is 3. The first-order valence-electron chi connectivity index (χ1n) is 9.56. The summed E-state index contributed by atoms with van der Waals surface area (Å²) in [5, 5.41) is 0. The Balaban J connectivity index is 1.53. The molecule has 0 bridgehead atoms. The summed E-state index contributed by atoms with van der Waals surface area (Å²) in [6.07, 6.45) is 3.81. The molecule has 5 heteroatoms. The Morgan fingerprint density at radius 3 is 2.61 bits per heavy atom. The SMILES string of the molecule is COc1ccc(-c2nccc([C@H]3CCCN(C(=O)c4ccccc4)C3)n2)cc1. The van der Waals surface area contributed by atoms with Gasteiger partial charge >= 0.3 is 0 Å². The standard InChI is InChI=1S/C23H23N3O2/c1-28-20-11-9-17(10-12-20)22-24-14-13-21(25-22)19-8-5-15-26(16-19)23(27)18-6-3-2-4-7-18/h2-4,6-7,9-14,19H,5,8,15-16H2,1H3/t19-/m0/s1. The summed E-state index contributed by atoms with van der Waals surface area (Å²) in [6.45, 7) is 1.48. The third-order valence-electron chi connectivity index (χ3n) is 5.17. The van der Waals surface area contributed by atoms with E-state index in [-0.39, 0.29) is 11.8 Å². The third kappa shape index (κ3) is 3.88. The highest BCUT2D eigenvalue weighted by molar-refractivity contribution is 5.94. The summed E-state index contributed by atoms with van der Waals surface area (Å²) in [5.74, 6) is 1.82. The minimum Gasteiger partial charge on any atom is -0.497 e. The topological polar surface area (TPSA) is 55.3 Å². The fraction of sp³-hybridized carbons (Fsp3) is 0.261. The molecule has 0 spiro atoms. The summed E-state index contributed by atoms with van der Waals surface area (Å²) >= 11 is 0. The fourth-order valence-electron chi connectivity index (χ4n) is 3.65. The maximum absolute atomic E-state index is 12.8. The molecule has 0 aliphatic carbocycles. The number of carbonyl (C=O) groups excluding carboxylic acids is 1. The highest BCUT2D eigenvalue weighted by Crippen LogP contribution is 2.28. The second-order valence-corrected chi connectivity index (χ2v) is 6.99. The van der Waals surface area contributed by atoms with Crippen LogP contribution in [0.5, 0.6) is 5.75 Å². The summed E-state index contributed by atoms with van der Waals surface area (Å²) in [7, 11) is 1.65. The van der Waals surface area contributed by atoms with Gasteiger partial charge in [0, 0.05) is 42.0 Å². The lowest BCUT2D eigenvalue weighted by Crippen LogP contribution is -2.39. The van der Waals surface area contributed by atoms with Gasteiger partial charge in [-0.2, -0.15) is 0 Å². The van der Waals surface area contributed by atoms with Crippen molar-refractivity contribution >= 4 is 5.91 Å². The van der Waals surface area contributed by atoms with E-state index in [1.54, 1.807) is 13.3 Å². The molecule has 1 saturated heterocycles. The first-order chi connectivity index (χ1) is 13.7. The second-order valence-electron chi connectivity index (χ2n) is 6.99. The molecule has 0 radical (unpaired) electrons. The van der Waals surface area contributed by atoms with E-state index in [4.69, 9.17) is 9.72 Å². The number of hydrogen-bond acceptors (Lipinski definition) is 4. The molecule has 1 aliphatic heterocycles. The number of benzene rings is 2. The highest BCUT2D eigenvalue weighted by Gasteiger charge is 2.26. The van der Waals surface area contributed by atoms with Crippen LogP contribution in [0.4, 0.5) is 0 Å². The predicted molar refractivity (Wildman–Crippen MR) is 108 cm³/mol. The maximum Gasteiger partial charge on any atom is 0.253 e. The number of likely N-dealkylation sites (tertiary alicyclic amines) is 1. The van der Waals surface area contributed by atoms with Crippen molar-refractivity contribution in [2.75, 3.05) is 20.2 Å². The Kier molecular flexibility index (Phi) is 5.33. The van der Waals surface area contributed by atoms with Gasteiger partial charge in [0.05, 0.1) is 7.11 Å². The van der Waals surface area contributed by atoms with Gasteiger partial charge in [0.2, 0.25) is 0 Å². The average Bonchev–Trinajstić information content (AvgIpc) is 2.79. The van der Waals surface area contributed by atoms with Gasteiger partial charge in [-0.1, -0.05) is 18.2 Å². The van der Waals surface area contributed by atoms with Crippen LogP contribution in [0.15, 0.2) is 66.9 Å². The smallest absolute Gasteiger partial charge is 0.253 e. The van der Waals surface area contributed by atoms with Gasteiger partial charge in [-0.15, -0.1) is 0 Å². The molecule has 142 valence electrons. The summed E-state index contributed by atoms with van der Waals surface area (Å²) in [4.78, 5) is 24.0. The normalized spacial score (nSPS) is 16.6. The Morgan fingerprint density at radius 2 is 1.86 bits per heavy atom. The number of methoxy groups -OCH3 is 1. The summed E-state index contributed by atoms with van der Waals surface area (Å²) < 4.78 is 5.22. The number of ether oxygens (including phenoxy) is 1. The van der Waals surface area contributed by atoms with E-state index in [9.17, 15) is 4.79 Å². The monoisotopic (exact) mass is 373 g/mol. The van der Waals surface area contributed by atoms with Gasteiger partial charge in [0.1, 0.15) is 5.75 Å². The van der Waals surface area contributed by atoms with Gasteiger partial charge < -0.3 is 9.64 Å². The Labute approximate surface area is 165 Å².